The molecule has 0 amide bonds. The Hall–Kier alpha value is -1.06. The van der Waals surface area contributed by atoms with Crippen molar-refractivity contribution in [2.45, 2.75) is 104 Å². The minimum atomic E-state index is -0.136. The first-order valence-electron chi connectivity index (χ1n) is 11.0. The zero-order valence-electron chi connectivity index (χ0n) is 17.1. The highest BCUT2D eigenvalue weighted by molar-refractivity contribution is 5.76. The number of hydrogen-bond donors (Lipinski definition) is 0. The zero-order chi connectivity index (χ0) is 19.0. The predicted octanol–water partition coefficient (Wildman–Crippen LogP) is 5.82. The van der Waals surface area contributed by atoms with Crippen molar-refractivity contribution in [2.24, 2.45) is 11.8 Å². The molecule has 2 unspecified atom stereocenters. The summed E-state index contributed by atoms with van der Waals surface area (Å²) in [5.74, 6) is -0.497. The number of esters is 2. The standard InChI is InChI=1S/C22H40O4/c1-3-5-6-7-8-9-10-11-12-17-26-22(24)20-15-13-14-19(18-20)21(23)25-16-4-2/h19-20H,3-18H2,1-2H3. The SMILES string of the molecule is CCCCCCCCCCCOC(=O)C1CCCC(C(=O)OCCC)C1. The molecule has 0 N–H and O–H groups in total. The van der Waals surface area contributed by atoms with Crippen LogP contribution in [0.1, 0.15) is 104 Å². The van der Waals surface area contributed by atoms with E-state index in [0.717, 1.165) is 38.5 Å². The van der Waals surface area contributed by atoms with Crippen LogP contribution >= 0.6 is 0 Å². The summed E-state index contributed by atoms with van der Waals surface area (Å²) in [5, 5.41) is 0. The fourth-order valence-corrected chi connectivity index (χ4v) is 3.64. The highest BCUT2D eigenvalue weighted by Gasteiger charge is 2.32. The largest absolute Gasteiger partial charge is 0.465 e. The Kier molecular flexibility index (Phi) is 13.3. The van der Waals surface area contributed by atoms with Crippen molar-refractivity contribution < 1.29 is 19.1 Å². The van der Waals surface area contributed by atoms with Crippen LogP contribution in [0.2, 0.25) is 0 Å². The van der Waals surface area contributed by atoms with Crippen molar-refractivity contribution in [1.29, 1.82) is 0 Å². The Bertz CT molecular complexity index is 380. The van der Waals surface area contributed by atoms with Crippen molar-refractivity contribution in [3.63, 3.8) is 0 Å². The van der Waals surface area contributed by atoms with Gasteiger partial charge in [0.2, 0.25) is 0 Å². The van der Waals surface area contributed by atoms with Gasteiger partial charge in [0.05, 0.1) is 25.0 Å². The second-order valence-corrected chi connectivity index (χ2v) is 7.72. The maximum absolute atomic E-state index is 12.2. The third-order valence-corrected chi connectivity index (χ3v) is 5.28. The van der Waals surface area contributed by atoms with Gasteiger partial charge in [-0.2, -0.15) is 0 Å². The van der Waals surface area contributed by atoms with Gasteiger partial charge in [0, 0.05) is 0 Å². The molecule has 152 valence electrons. The molecule has 0 aliphatic heterocycles. The van der Waals surface area contributed by atoms with Crippen LogP contribution in [0.3, 0.4) is 0 Å². The maximum Gasteiger partial charge on any atom is 0.308 e. The van der Waals surface area contributed by atoms with E-state index in [9.17, 15) is 9.59 Å². The van der Waals surface area contributed by atoms with Crippen LogP contribution in [-0.2, 0) is 19.1 Å². The smallest absolute Gasteiger partial charge is 0.308 e. The van der Waals surface area contributed by atoms with Gasteiger partial charge in [-0.05, 0) is 32.1 Å². The quantitative estimate of drug-likeness (QED) is 0.286. The summed E-state index contributed by atoms with van der Waals surface area (Å²) in [4.78, 5) is 24.2. The molecule has 4 heteroatoms. The monoisotopic (exact) mass is 368 g/mol. The molecular formula is C22H40O4. The van der Waals surface area contributed by atoms with E-state index in [-0.39, 0.29) is 23.8 Å². The summed E-state index contributed by atoms with van der Waals surface area (Å²) in [6.45, 7) is 5.23. The molecule has 4 nitrogen and oxygen atoms in total. The Morgan fingerprint density at radius 3 is 1.73 bits per heavy atom. The molecule has 0 bridgehead atoms. The van der Waals surface area contributed by atoms with Crippen LogP contribution in [-0.4, -0.2) is 25.2 Å². The molecule has 0 aromatic carbocycles. The van der Waals surface area contributed by atoms with Gasteiger partial charge in [0.1, 0.15) is 0 Å². The summed E-state index contributed by atoms with van der Waals surface area (Å²) >= 11 is 0. The van der Waals surface area contributed by atoms with E-state index in [1.165, 1.54) is 44.9 Å². The number of carbonyl (C=O) groups is 2. The van der Waals surface area contributed by atoms with Gasteiger partial charge in [-0.1, -0.05) is 71.6 Å². The molecule has 0 aromatic rings. The summed E-state index contributed by atoms with van der Waals surface area (Å²) < 4.78 is 10.7. The van der Waals surface area contributed by atoms with Crippen LogP contribution in [0.25, 0.3) is 0 Å². The van der Waals surface area contributed by atoms with Gasteiger partial charge in [-0.15, -0.1) is 0 Å². The minimum Gasteiger partial charge on any atom is -0.465 e. The van der Waals surface area contributed by atoms with Gasteiger partial charge in [0.25, 0.3) is 0 Å². The Morgan fingerprint density at radius 1 is 0.692 bits per heavy atom. The normalized spacial score (nSPS) is 19.9. The van der Waals surface area contributed by atoms with Gasteiger partial charge in [-0.3, -0.25) is 9.59 Å². The lowest BCUT2D eigenvalue weighted by atomic mass is 9.81. The van der Waals surface area contributed by atoms with E-state index in [1.54, 1.807) is 0 Å². The molecular weight excluding hydrogens is 328 g/mol. The molecule has 1 fully saturated rings. The third-order valence-electron chi connectivity index (χ3n) is 5.28. The lowest BCUT2D eigenvalue weighted by molar-refractivity contribution is -0.155. The molecule has 1 aliphatic carbocycles. The van der Waals surface area contributed by atoms with Crippen LogP contribution in [0, 0.1) is 11.8 Å². The lowest BCUT2D eigenvalue weighted by Gasteiger charge is -2.26. The Morgan fingerprint density at radius 2 is 1.19 bits per heavy atom. The fraction of sp³-hybridized carbons (Fsp3) is 0.909. The highest BCUT2D eigenvalue weighted by atomic mass is 16.5. The van der Waals surface area contributed by atoms with Crippen molar-refractivity contribution in [3.8, 4) is 0 Å². The van der Waals surface area contributed by atoms with E-state index in [4.69, 9.17) is 9.47 Å². The van der Waals surface area contributed by atoms with Crippen molar-refractivity contribution in [1.82, 2.24) is 0 Å². The van der Waals surface area contributed by atoms with Gasteiger partial charge in [0.15, 0.2) is 0 Å². The molecule has 0 heterocycles. The zero-order valence-corrected chi connectivity index (χ0v) is 17.1. The molecule has 1 rings (SSSR count). The minimum absolute atomic E-state index is 0.113. The van der Waals surface area contributed by atoms with Gasteiger partial charge >= 0.3 is 11.9 Å². The van der Waals surface area contributed by atoms with E-state index in [1.807, 2.05) is 6.92 Å². The summed E-state index contributed by atoms with van der Waals surface area (Å²) in [7, 11) is 0. The lowest BCUT2D eigenvalue weighted by Crippen LogP contribution is -2.30. The Balaban J connectivity index is 2.07. The fourth-order valence-electron chi connectivity index (χ4n) is 3.64. The topological polar surface area (TPSA) is 52.6 Å². The first-order valence-corrected chi connectivity index (χ1v) is 11.0. The van der Waals surface area contributed by atoms with Crippen LogP contribution in [0.4, 0.5) is 0 Å². The first kappa shape index (κ1) is 23.0. The molecule has 0 aromatic heterocycles. The summed E-state index contributed by atoms with van der Waals surface area (Å²) in [6, 6.07) is 0. The average Bonchev–Trinajstić information content (AvgIpc) is 2.67. The second-order valence-electron chi connectivity index (χ2n) is 7.72. The van der Waals surface area contributed by atoms with Gasteiger partial charge < -0.3 is 9.47 Å². The summed E-state index contributed by atoms with van der Waals surface area (Å²) in [6.07, 6.45) is 15.3. The molecule has 1 aliphatic rings. The number of hydrogen-bond acceptors (Lipinski definition) is 4. The number of rotatable bonds is 14. The van der Waals surface area contributed by atoms with E-state index in [2.05, 4.69) is 6.92 Å². The molecule has 2 atom stereocenters. The molecule has 26 heavy (non-hydrogen) atoms. The molecule has 0 spiro atoms. The predicted molar refractivity (Wildman–Crippen MR) is 105 cm³/mol. The van der Waals surface area contributed by atoms with Crippen molar-refractivity contribution in [3.05, 3.63) is 0 Å². The second kappa shape index (κ2) is 15.0. The number of ether oxygens (including phenoxy) is 2. The van der Waals surface area contributed by atoms with Crippen molar-refractivity contribution >= 4 is 11.9 Å². The van der Waals surface area contributed by atoms with Crippen molar-refractivity contribution in [2.75, 3.05) is 13.2 Å². The third kappa shape index (κ3) is 10.2. The average molecular weight is 369 g/mol. The van der Waals surface area contributed by atoms with E-state index in [0.29, 0.717) is 19.6 Å². The molecule has 0 radical (unpaired) electrons. The first-order chi connectivity index (χ1) is 12.7. The molecule has 0 saturated heterocycles. The van der Waals surface area contributed by atoms with Gasteiger partial charge in [-0.25, -0.2) is 0 Å². The Labute approximate surface area is 160 Å². The summed E-state index contributed by atoms with van der Waals surface area (Å²) in [5.41, 5.74) is 0. The number of unbranched alkanes of at least 4 members (excludes halogenated alkanes) is 8. The number of carbonyl (C=O) groups excluding carboxylic acids is 2. The van der Waals surface area contributed by atoms with E-state index < -0.39 is 0 Å². The highest BCUT2D eigenvalue weighted by Crippen LogP contribution is 2.30. The van der Waals surface area contributed by atoms with Crippen LogP contribution < -0.4 is 0 Å². The maximum atomic E-state index is 12.2. The molecule has 1 saturated carbocycles. The van der Waals surface area contributed by atoms with Crippen LogP contribution in [0.5, 0.6) is 0 Å². The van der Waals surface area contributed by atoms with E-state index >= 15 is 0 Å². The van der Waals surface area contributed by atoms with Crippen LogP contribution in [0.15, 0.2) is 0 Å².